The van der Waals surface area contributed by atoms with Crippen LogP contribution in [0.15, 0.2) is 54.9 Å². The van der Waals surface area contributed by atoms with Crippen LogP contribution in [0.4, 0.5) is 27.6 Å². The molecule has 0 bridgehead atoms. The van der Waals surface area contributed by atoms with Crippen molar-refractivity contribution in [2.75, 3.05) is 12.4 Å². The number of carbonyl (C=O) groups excluding carboxylic acids is 1. The fraction of sp³-hybridized carbons (Fsp3) is 0.130. The average Bonchev–Trinajstić information content (AvgIpc) is 3.48. The Hall–Kier alpha value is -4.57. The summed E-state index contributed by atoms with van der Waals surface area (Å²) < 4.78 is 70.8. The van der Waals surface area contributed by atoms with E-state index < -0.39 is 40.7 Å². The van der Waals surface area contributed by atoms with Crippen molar-refractivity contribution in [2.24, 2.45) is 0 Å². The maximum Gasteiger partial charge on any atom is 0.435 e. The maximum absolute atomic E-state index is 14.9. The molecule has 0 unspecified atom stereocenters. The summed E-state index contributed by atoms with van der Waals surface area (Å²) in [5, 5.41) is 17.6. The highest BCUT2D eigenvalue weighted by atomic mass is 19.4. The van der Waals surface area contributed by atoms with Crippen LogP contribution in [0.3, 0.4) is 0 Å². The van der Waals surface area contributed by atoms with Gasteiger partial charge in [-0.15, -0.1) is 0 Å². The van der Waals surface area contributed by atoms with Crippen molar-refractivity contribution in [1.29, 1.82) is 5.26 Å². The van der Waals surface area contributed by atoms with E-state index in [1.807, 2.05) is 0 Å². The molecule has 2 aromatic heterocycles. The molecule has 0 spiro atoms. The Morgan fingerprint density at radius 2 is 1.83 bits per heavy atom. The summed E-state index contributed by atoms with van der Waals surface area (Å²) in [7, 11) is 1.72. The normalized spacial score (nSPS) is 11.4. The summed E-state index contributed by atoms with van der Waals surface area (Å²) in [5.41, 5.74) is -2.51. The van der Waals surface area contributed by atoms with Crippen LogP contribution in [-0.4, -0.2) is 32.3 Å². The van der Waals surface area contributed by atoms with E-state index in [0.29, 0.717) is 28.8 Å². The quantitative estimate of drug-likeness (QED) is 0.386. The minimum atomic E-state index is -4.90. The number of rotatable bonds is 6. The number of halogens is 5. The summed E-state index contributed by atoms with van der Waals surface area (Å²) in [6.07, 6.45) is -1.75. The second-order valence-electron chi connectivity index (χ2n) is 7.46. The first-order valence-electron chi connectivity index (χ1n) is 10.3. The fourth-order valence-corrected chi connectivity index (χ4v) is 3.41. The molecule has 2 aromatic carbocycles. The van der Waals surface area contributed by atoms with Crippen molar-refractivity contribution in [3.05, 3.63) is 89.3 Å². The van der Waals surface area contributed by atoms with Gasteiger partial charge in [-0.1, -0.05) is 0 Å². The molecule has 0 aliphatic rings. The molecule has 0 aliphatic carbocycles. The summed E-state index contributed by atoms with van der Waals surface area (Å²) in [5.74, 6) is -2.24. The molecule has 36 heavy (non-hydrogen) atoms. The highest BCUT2D eigenvalue weighted by Gasteiger charge is 2.36. The molecule has 13 heteroatoms. The third kappa shape index (κ3) is 4.80. The Labute approximate surface area is 200 Å². The second-order valence-corrected chi connectivity index (χ2v) is 7.46. The van der Waals surface area contributed by atoms with Crippen molar-refractivity contribution in [1.82, 2.24) is 24.6 Å². The van der Waals surface area contributed by atoms with Crippen molar-refractivity contribution < 1.29 is 26.7 Å². The van der Waals surface area contributed by atoms with Crippen LogP contribution in [0, 0.1) is 23.0 Å². The van der Waals surface area contributed by atoms with Crippen LogP contribution >= 0.6 is 0 Å². The molecule has 4 aromatic rings. The van der Waals surface area contributed by atoms with Crippen LogP contribution in [0.1, 0.15) is 27.6 Å². The zero-order valence-electron chi connectivity index (χ0n) is 18.4. The Balaban J connectivity index is 1.69. The molecule has 2 N–H and O–H groups in total. The first-order valence-corrected chi connectivity index (χ1v) is 10.3. The van der Waals surface area contributed by atoms with Crippen molar-refractivity contribution in [3.63, 3.8) is 0 Å². The third-order valence-electron chi connectivity index (χ3n) is 5.08. The van der Waals surface area contributed by atoms with E-state index in [9.17, 15) is 26.7 Å². The molecule has 184 valence electrons. The Bertz CT molecular complexity index is 1480. The summed E-state index contributed by atoms with van der Waals surface area (Å²) in [6, 6.07) is 8.80. The van der Waals surface area contributed by atoms with Crippen molar-refractivity contribution >= 4 is 11.6 Å². The summed E-state index contributed by atoms with van der Waals surface area (Å²) in [4.78, 5) is 17.1. The number of nitrogens with zero attached hydrogens (tertiary/aromatic N) is 5. The lowest BCUT2D eigenvalue weighted by Gasteiger charge is -2.12. The van der Waals surface area contributed by atoms with Gasteiger partial charge in [0.05, 0.1) is 23.5 Å². The van der Waals surface area contributed by atoms with Gasteiger partial charge >= 0.3 is 6.18 Å². The van der Waals surface area contributed by atoms with E-state index in [1.54, 1.807) is 23.9 Å². The van der Waals surface area contributed by atoms with Crippen LogP contribution in [-0.2, 0) is 12.7 Å². The topological polar surface area (TPSA) is 101 Å². The van der Waals surface area contributed by atoms with Gasteiger partial charge in [0, 0.05) is 30.2 Å². The average molecular weight is 501 g/mol. The van der Waals surface area contributed by atoms with Gasteiger partial charge in [0.2, 0.25) is 0 Å². The summed E-state index contributed by atoms with van der Waals surface area (Å²) >= 11 is 0. The van der Waals surface area contributed by atoms with E-state index in [0.717, 1.165) is 24.3 Å². The number of hydrogen-bond acceptors (Lipinski definition) is 5. The lowest BCUT2D eigenvalue weighted by Crippen LogP contribution is -2.18. The number of anilines is 1. The van der Waals surface area contributed by atoms with E-state index >= 15 is 0 Å². The molecule has 2 heterocycles. The smallest absolute Gasteiger partial charge is 0.318 e. The number of imidazole rings is 1. The largest absolute Gasteiger partial charge is 0.435 e. The number of hydrogen-bond donors (Lipinski definition) is 2. The van der Waals surface area contributed by atoms with Gasteiger partial charge in [-0.2, -0.15) is 23.5 Å². The Morgan fingerprint density at radius 1 is 1.08 bits per heavy atom. The first-order chi connectivity index (χ1) is 17.1. The number of alkyl halides is 3. The standard InChI is InChI=1S/C23H16F5N7O/c1-30-12-21-31-6-7-34(21)14-3-5-18(17(25)9-14)32-22(36)19-10-20(23(26,27)28)33-35(19)15-2-4-16(24)13(8-15)11-29/h2-10,30H,12H2,1H3,(H,32,36). The van der Waals surface area contributed by atoms with Gasteiger partial charge in [0.25, 0.3) is 5.91 Å². The number of amides is 1. The molecular weight excluding hydrogens is 485 g/mol. The lowest BCUT2D eigenvalue weighted by atomic mass is 10.2. The molecular formula is C23H16F5N7O. The zero-order chi connectivity index (χ0) is 26.0. The number of benzene rings is 2. The minimum Gasteiger partial charge on any atom is -0.318 e. The molecule has 8 nitrogen and oxygen atoms in total. The van der Waals surface area contributed by atoms with E-state index in [-0.39, 0.29) is 11.4 Å². The van der Waals surface area contributed by atoms with Gasteiger partial charge in [-0.25, -0.2) is 18.4 Å². The van der Waals surface area contributed by atoms with Crippen molar-refractivity contribution in [3.8, 4) is 17.4 Å². The van der Waals surface area contributed by atoms with Gasteiger partial charge in [-0.05, 0) is 37.4 Å². The third-order valence-corrected chi connectivity index (χ3v) is 5.08. The van der Waals surface area contributed by atoms with Gasteiger partial charge in [-0.3, -0.25) is 4.79 Å². The monoisotopic (exact) mass is 501 g/mol. The van der Waals surface area contributed by atoms with Crippen LogP contribution in [0.2, 0.25) is 0 Å². The summed E-state index contributed by atoms with van der Waals surface area (Å²) in [6.45, 7) is 0.412. The van der Waals surface area contributed by atoms with Crippen molar-refractivity contribution in [2.45, 2.75) is 12.7 Å². The van der Waals surface area contributed by atoms with Crippen LogP contribution < -0.4 is 10.6 Å². The van der Waals surface area contributed by atoms with Gasteiger partial charge < -0.3 is 15.2 Å². The highest BCUT2D eigenvalue weighted by molar-refractivity contribution is 6.03. The SMILES string of the molecule is CNCc1nccn1-c1ccc(NC(=O)c2cc(C(F)(F)F)nn2-c2ccc(F)c(C#N)c2)c(F)c1. The molecule has 4 rings (SSSR count). The Morgan fingerprint density at radius 3 is 2.50 bits per heavy atom. The molecule has 1 amide bonds. The van der Waals surface area contributed by atoms with Gasteiger partial charge in [0.1, 0.15) is 29.2 Å². The van der Waals surface area contributed by atoms with E-state index in [4.69, 9.17) is 5.26 Å². The minimum absolute atomic E-state index is 0.165. The molecule has 0 saturated heterocycles. The predicted octanol–water partition coefficient (Wildman–Crippen LogP) is 4.20. The highest BCUT2D eigenvalue weighted by Crippen LogP contribution is 2.30. The second kappa shape index (κ2) is 9.59. The fourth-order valence-electron chi connectivity index (χ4n) is 3.41. The van der Waals surface area contributed by atoms with E-state index in [1.165, 1.54) is 18.3 Å². The number of aromatic nitrogens is 4. The number of nitriles is 1. The lowest BCUT2D eigenvalue weighted by molar-refractivity contribution is -0.141. The van der Waals surface area contributed by atoms with Crippen LogP contribution in [0.5, 0.6) is 0 Å². The number of nitrogens with one attached hydrogen (secondary N) is 2. The zero-order valence-corrected chi connectivity index (χ0v) is 18.4. The first kappa shape index (κ1) is 24.6. The number of carbonyl (C=O) groups is 1. The molecule has 0 fully saturated rings. The maximum atomic E-state index is 14.9. The predicted molar refractivity (Wildman–Crippen MR) is 117 cm³/mol. The molecule has 0 radical (unpaired) electrons. The molecule has 0 aliphatic heterocycles. The van der Waals surface area contributed by atoms with Gasteiger partial charge in [0.15, 0.2) is 5.69 Å². The van der Waals surface area contributed by atoms with E-state index in [2.05, 4.69) is 20.7 Å². The van der Waals surface area contributed by atoms with Crippen LogP contribution in [0.25, 0.3) is 11.4 Å². The molecule has 0 atom stereocenters. The molecule has 0 saturated carbocycles. The Kier molecular flexibility index (Phi) is 6.54.